The van der Waals surface area contributed by atoms with Gasteiger partial charge in [-0.05, 0) is 46.5 Å². The lowest BCUT2D eigenvalue weighted by Gasteiger charge is -2.25. The number of hydrogen-bond acceptors (Lipinski definition) is 13. The van der Waals surface area contributed by atoms with Crippen molar-refractivity contribution in [1.29, 1.82) is 5.26 Å². The molecule has 2 aromatic heterocycles. The molecule has 1 aliphatic heterocycles. The minimum Gasteiger partial charge on any atom is -0.458 e. The fraction of sp³-hybridized carbons (Fsp3) is 0.588. The minimum absolute atomic E-state index is 0.0342. The van der Waals surface area contributed by atoms with Crippen LogP contribution in [0.5, 0.6) is 0 Å². The lowest BCUT2D eigenvalue weighted by atomic mass is 10.2. The number of carbonyl (C=O) groups is 1. The molecule has 0 aliphatic carbocycles. The number of nitrogens with two attached hydrogens (primary N) is 1. The highest BCUT2D eigenvalue weighted by Crippen LogP contribution is 2.36. The summed E-state index contributed by atoms with van der Waals surface area (Å²) in [5.41, 5.74) is 5.79. The fourth-order valence-electron chi connectivity index (χ4n) is 2.99. The molecule has 0 aromatic carbocycles. The highest BCUT2D eigenvalue weighted by Gasteiger charge is 2.35. The molecule has 1 aliphatic rings. The maximum Gasteiger partial charge on any atom is 0.345 e. The van der Waals surface area contributed by atoms with E-state index < -0.39 is 38.1 Å². The predicted molar refractivity (Wildman–Crippen MR) is 116 cm³/mol. The molecule has 3 unspecified atom stereocenters. The summed E-state index contributed by atoms with van der Waals surface area (Å²) in [6.45, 7) is 4.99. The van der Waals surface area contributed by atoms with Crippen LogP contribution in [0.25, 0.3) is 11.2 Å². The summed E-state index contributed by atoms with van der Waals surface area (Å²) in [6.07, 6.45) is 1.85. The highest BCUT2D eigenvalue weighted by atomic mass is 32.1. The molecule has 3 heterocycles. The van der Waals surface area contributed by atoms with Gasteiger partial charge in [-0.3, -0.25) is 4.57 Å². The van der Waals surface area contributed by atoms with Crippen LogP contribution in [0.1, 0.15) is 45.7 Å². The van der Waals surface area contributed by atoms with Gasteiger partial charge in [-0.1, -0.05) is 0 Å². The van der Waals surface area contributed by atoms with Crippen LogP contribution in [0.4, 0.5) is 5.82 Å². The zero-order valence-corrected chi connectivity index (χ0v) is 19.4. The Bertz CT molecular complexity index is 977. The first kappa shape index (κ1) is 26.1. The maximum absolute atomic E-state index is 12.1. The Hall–Kier alpha value is -2.11. The van der Waals surface area contributed by atoms with Crippen LogP contribution in [0.15, 0.2) is 6.33 Å². The van der Waals surface area contributed by atoms with Crippen molar-refractivity contribution in [1.82, 2.24) is 19.5 Å². The number of fused-ring (bicyclic) bond motifs is 1. The van der Waals surface area contributed by atoms with E-state index in [0.29, 0.717) is 24.0 Å². The lowest BCUT2D eigenvalue weighted by Crippen LogP contribution is -2.34. The second kappa shape index (κ2) is 11.2. The number of ether oxygens (including phenoxy) is 3. The molecular formula is C17H25N6O7PS. The molecule has 1 fully saturated rings. The van der Waals surface area contributed by atoms with Crippen molar-refractivity contribution >= 4 is 44.2 Å². The summed E-state index contributed by atoms with van der Waals surface area (Å²) in [5.74, 6) is -2.29. The first-order valence-electron chi connectivity index (χ1n) is 9.36. The van der Waals surface area contributed by atoms with Crippen LogP contribution in [-0.4, -0.2) is 64.0 Å². The zero-order valence-electron chi connectivity index (χ0n) is 17.6. The number of carbonyl (C=O) groups excluding carboxylic acids is 1. The number of esters is 1. The van der Waals surface area contributed by atoms with Gasteiger partial charge < -0.3 is 34.3 Å². The largest absolute Gasteiger partial charge is 0.458 e. The van der Waals surface area contributed by atoms with Crippen molar-refractivity contribution < 1.29 is 33.3 Å². The van der Waals surface area contributed by atoms with Crippen LogP contribution in [0.2, 0.25) is 0 Å². The van der Waals surface area contributed by atoms with Crippen LogP contribution in [-0.2, 0) is 19.0 Å². The van der Waals surface area contributed by atoms with Gasteiger partial charge in [0, 0.05) is 0 Å². The number of aromatic nitrogens is 4. The Balaban J connectivity index is 0.00000176. The number of thiol groups is 1. The summed E-state index contributed by atoms with van der Waals surface area (Å²) < 4.78 is 24.9. The molecule has 0 spiro atoms. The Kier molecular flexibility index (Phi) is 9.11. The van der Waals surface area contributed by atoms with E-state index in [9.17, 15) is 14.6 Å². The van der Waals surface area contributed by atoms with E-state index in [1.165, 1.54) is 6.33 Å². The lowest BCUT2D eigenvalue weighted by molar-refractivity contribution is -0.165. The highest BCUT2D eigenvalue weighted by molar-refractivity contribution is 7.74. The second-order valence-electron chi connectivity index (χ2n) is 7.70. The van der Waals surface area contributed by atoms with Crippen LogP contribution in [0, 0.1) is 11.3 Å². The van der Waals surface area contributed by atoms with E-state index in [0.717, 1.165) is 0 Å². The molecule has 2 aromatic rings. The van der Waals surface area contributed by atoms with Crippen LogP contribution in [0.3, 0.4) is 0 Å². The summed E-state index contributed by atoms with van der Waals surface area (Å²) in [7, 11) is -2.69. The topological polar surface area (TPSA) is 199 Å². The van der Waals surface area contributed by atoms with Gasteiger partial charge in [-0.15, -0.1) is 0 Å². The molecule has 0 radical (unpaired) electrons. The van der Waals surface area contributed by atoms with Crippen molar-refractivity contribution in [2.75, 3.05) is 12.3 Å². The predicted octanol–water partition coefficient (Wildman–Crippen LogP) is 1.33. The molecular weight excluding hydrogens is 463 g/mol. The standard InChI is InChI=1S/C17H23N6O6P.H2OS/c1-17(2,3)29-15(24)16(30(25)26)27-7-9-4-5-11(28-9)23-8-20-12-13(19)21-10(6-18)22-14(12)23;1-2/h8-9,11,16,25-26H,4-5,7H2,1-3H3,(H2,19,21,22);1-2H. The molecule has 32 heavy (non-hydrogen) atoms. The molecule has 5 N–H and O–H groups in total. The molecule has 0 amide bonds. The average molecular weight is 488 g/mol. The normalized spacial score (nSPS) is 19.3. The number of nitrogens with zero attached hydrogens (tertiary/aromatic N) is 5. The SMILES string of the molecule is CC(C)(C)OC(=O)C(OCC1CCC(n2cnc3c(N)nc(C#N)nc32)O1)P(O)O.OS. The van der Waals surface area contributed by atoms with E-state index in [1.54, 1.807) is 25.3 Å². The molecule has 15 heteroatoms. The third-order valence-corrected chi connectivity index (χ3v) is 4.98. The molecule has 13 nitrogen and oxygen atoms in total. The fourth-order valence-corrected chi connectivity index (χ4v) is 3.45. The quantitative estimate of drug-likeness (QED) is 0.169. The summed E-state index contributed by atoms with van der Waals surface area (Å²) in [4.78, 5) is 43.4. The van der Waals surface area contributed by atoms with Gasteiger partial charge in [0.25, 0.3) is 0 Å². The van der Waals surface area contributed by atoms with Gasteiger partial charge in [0.2, 0.25) is 20.0 Å². The van der Waals surface area contributed by atoms with Gasteiger partial charge in [-0.2, -0.15) is 15.2 Å². The van der Waals surface area contributed by atoms with Crippen molar-refractivity contribution in [3.63, 3.8) is 0 Å². The summed E-state index contributed by atoms with van der Waals surface area (Å²) in [6, 6.07) is 1.85. The number of nitrogen functional groups attached to an aromatic ring is 1. The third-order valence-electron chi connectivity index (χ3n) is 4.20. The number of hydrogen-bond donors (Lipinski definition) is 5. The van der Waals surface area contributed by atoms with Gasteiger partial charge in [0.1, 0.15) is 23.4 Å². The van der Waals surface area contributed by atoms with E-state index in [-0.39, 0.29) is 18.2 Å². The van der Waals surface area contributed by atoms with E-state index in [1.807, 2.05) is 6.07 Å². The first-order valence-corrected chi connectivity index (χ1v) is 11.1. The minimum atomic E-state index is -2.69. The molecule has 1 saturated heterocycles. The Morgan fingerprint density at radius 3 is 2.72 bits per heavy atom. The number of imidazole rings is 1. The average Bonchev–Trinajstić information content (AvgIpc) is 3.35. The first-order chi connectivity index (χ1) is 15.1. The molecule has 0 saturated carbocycles. The van der Waals surface area contributed by atoms with Gasteiger partial charge in [0.05, 0.1) is 19.0 Å². The van der Waals surface area contributed by atoms with Gasteiger partial charge >= 0.3 is 5.97 Å². The van der Waals surface area contributed by atoms with E-state index >= 15 is 0 Å². The van der Waals surface area contributed by atoms with Crippen molar-refractivity contribution in [2.45, 2.75) is 57.4 Å². The monoisotopic (exact) mass is 488 g/mol. The van der Waals surface area contributed by atoms with Crippen molar-refractivity contribution in [2.24, 2.45) is 0 Å². The Morgan fingerprint density at radius 1 is 1.44 bits per heavy atom. The molecule has 0 bridgehead atoms. The molecule has 176 valence electrons. The van der Waals surface area contributed by atoms with Crippen LogP contribution < -0.4 is 5.73 Å². The third kappa shape index (κ3) is 6.46. The summed E-state index contributed by atoms with van der Waals surface area (Å²) in [5, 5.41) is 9.05. The number of rotatable bonds is 6. The van der Waals surface area contributed by atoms with Crippen molar-refractivity contribution in [3.05, 3.63) is 12.2 Å². The second-order valence-corrected chi connectivity index (χ2v) is 8.81. The van der Waals surface area contributed by atoms with Crippen LogP contribution >= 0.6 is 21.3 Å². The smallest absolute Gasteiger partial charge is 0.345 e. The zero-order chi connectivity index (χ0) is 24.1. The summed E-state index contributed by atoms with van der Waals surface area (Å²) >= 11 is 2.53. The Morgan fingerprint density at radius 2 is 2.12 bits per heavy atom. The molecule has 3 rings (SSSR count). The number of anilines is 1. The van der Waals surface area contributed by atoms with Gasteiger partial charge in [0.15, 0.2) is 11.5 Å². The Labute approximate surface area is 190 Å². The van der Waals surface area contributed by atoms with E-state index in [4.69, 9.17) is 29.8 Å². The van der Waals surface area contributed by atoms with Gasteiger partial charge in [-0.25, -0.2) is 9.78 Å². The number of nitriles is 1. The maximum atomic E-state index is 12.1. The molecule has 3 atom stereocenters. The van der Waals surface area contributed by atoms with E-state index in [2.05, 4.69) is 27.9 Å². The van der Waals surface area contributed by atoms with Crippen molar-refractivity contribution in [3.8, 4) is 6.07 Å².